The molecule has 0 bridgehead atoms. The number of hydrogen-bond donors (Lipinski definition) is 2. The second-order valence-corrected chi connectivity index (χ2v) is 6.35. The van der Waals surface area contributed by atoms with Crippen LogP contribution in [0, 0.1) is 0 Å². The van der Waals surface area contributed by atoms with Crippen LogP contribution in [0.1, 0.15) is 26.7 Å². The van der Waals surface area contributed by atoms with Crippen LogP contribution >= 0.6 is 0 Å². The van der Waals surface area contributed by atoms with E-state index in [9.17, 15) is 13.2 Å². The predicted octanol–water partition coefficient (Wildman–Crippen LogP) is 0.701. The van der Waals surface area contributed by atoms with E-state index >= 15 is 0 Å². The maximum Gasteiger partial charge on any atom is 0.402 e. The second-order valence-electron chi connectivity index (χ2n) is 5.31. The molecule has 20 heavy (non-hydrogen) atoms. The summed E-state index contributed by atoms with van der Waals surface area (Å²) in [5.41, 5.74) is 0.375. The molecule has 0 aromatic heterocycles. The Labute approximate surface area is 121 Å². The van der Waals surface area contributed by atoms with Crippen molar-refractivity contribution in [2.24, 2.45) is 0 Å². The summed E-state index contributed by atoms with van der Waals surface area (Å²) >= 11 is 0. The Morgan fingerprint density at radius 2 is 2.00 bits per heavy atom. The zero-order valence-electron chi connectivity index (χ0n) is 12.5. The first-order valence-electron chi connectivity index (χ1n) is 6.41. The fourth-order valence-electron chi connectivity index (χ4n) is 1.83. The number of quaternary nitrogens is 1. The van der Waals surface area contributed by atoms with Gasteiger partial charge in [0.05, 0.1) is 20.6 Å². The van der Waals surface area contributed by atoms with Crippen LogP contribution in [-0.2, 0) is 19.4 Å². The third-order valence-corrected chi connectivity index (χ3v) is 3.34. The first-order chi connectivity index (χ1) is 8.99. The summed E-state index contributed by atoms with van der Waals surface area (Å²) in [6, 6.07) is 0. The topological polar surface area (TPSA) is 92.7 Å². The van der Waals surface area contributed by atoms with E-state index in [4.69, 9.17) is 8.74 Å². The van der Waals surface area contributed by atoms with E-state index in [-0.39, 0.29) is 23.4 Å². The molecule has 8 heteroatoms. The molecule has 2 N–H and O–H groups in total. The lowest BCUT2D eigenvalue weighted by Gasteiger charge is -2.36. The van der Waals surface area contributed by atoms with Crippen molar-refractivity contribution in [3.05, 3.63) is 12.2 Å². The van der Waals surface area contributed by atoms with Crippen LogP contribution in [0.5, 0.6) is 0 Å². The lowest BCUT2D eigenvalue weighted by atomic mass is 10.2. The number of nitrogens with one attached hydrogen (secondary N) is 1. The maximum absolute atomic E-state index is 11.4. The molecule has 0 saturated heterocycles. The molecular weight excluding hydrogens is 284 g/mol. The molecule has 7 nitrogen and oxygen atoms in total. The highest BCUT2D eigenvalue weighted by atomic mass is 32.3. The van der Waals surface area contributed by atoms with Crippen LogP contribution in [0.15, 0.2) is 12.2 Å². The highest BCUT2D eigenvalue weighted by molar-refractivity contribution is 7.80. The first-order valence-corrected chi connectivity index (χ1v) is 7.78. The van der Waals surface area contributed by atoms with E-state index in [1.54, 1.807) is 21.0 Å². The fraction of sp³-hybridized carbons (Fsp3) is 0.750. The van der Waals surface area contributed by atoms with Crippen molar-refractivity contribution in [2.75, 3.05) is 27.2 Å². The molecule has 0 aliphatic carbocycles. The Morgan fingerprint density at radius 1 is 1.45 bits per heavy atom. The minimum atomic E-state index is -4.54. The van der Waals surface area contributed by atoms with Crippen molar-refractivity contribution in [3.8, 4) is 0 Å². The lowest BCUT2D eigenvalue weighted by molar-refractivity contribution is -0.933. The molecule has 0 rings (SSSR count). The van der Waals surface area contributed by atoms with Gasteiger partial charge in [0.25, 0.3) is 0 Å². The molecule has 0 fully saturated rings. The summed E-state index contributed by atoms with van der Waals surface area (Å²) in [5.74, 6) is -0.295. The van der Waals surface area contributed by atoms with Crippen molar-refractivity contribution >= 4 is 16.3 Å². The normalized spacial score (nSPS) is 13.8. The lowest BCUT2D eigenvalue weighted by Crippen LogP contribution is -2.52. The molecule has 1 amide bonds. The van der Waals surface area contributed by atoms with Crippen LogP contribution in [0.4, 0.5) is 0 Å². The highest BCUT2D eigenvalue weighted by Crippen LogP contribution is 2.15. The predicted molar refractivity (Wildman–Crippen MR) is 76.1 cm³/mol. The van der Waals surface area contributed by atoms with Crippen LogP contribution in [-0.4, -0.2) is 56.8 Å². The van der Waals surface area contributed by atoms with Gasteiger partial charge in [0.1, 0.15) is 0 Å². The van der Waals surface area contributed by atoms with E-state index in [0.717, 1.165) is 6.42 Å². The van der Waals surface area contributed by atoms with E-state index in [0.29, 0.717) is 12.1 Å². The standard InChI is InChI=1S/C12H24N2O5S/c1-6-9-14(4,5)11(19-20(16,17)18)7-8-13-12(15)10(2)3/h11H,2,6-9H2,1,3-5H3,(H-,13,15,16,17,18)/p+1. The SMILES string of the molecule is C=C(C)C(=O)NCCC(OS(=O)(=O)O)[N+](C)(C)CCC. The van der Waals surface area contributed by atoms with Crippen LogP contribution in [0.25, 0.3) is 0 Å². The van der Waals surface area contributed by atoms with Gasteiger partial charge in [-0.1, -0.05) is 13.5 Å². The van der Waals surface area contributed by atoms with Gasteiger partial charge in [-0.05, 0) is 13.3 Å². The Hall–Kier alpha value is -0.960. The van der Waals surface area contributed by atoms with Crippen molar-refractivity contribution in [2.45, 2.75) is 32.9 Å². The fourth-order valence-corrected chi connectivity index (χ4v) is 2.44. The number of amides is 1. The quantitative estimate of drug-likeness (QED) is 0.283. The van der Waals surface area contributed by atoms with Gasteiger partial charge >= 0.3 is 10.4 Å². The monoisotopic (exact) mass is 309 g/mol. The molecule has 0 aromatic carbocycles. The number of rotatable bonds is 9. The van der Waals surface area contributed by atoms with Gasteiger partial charge in [-0.3, -0.25) is 9.35 Å². The van der Waals surface area contributed by atoms with Crippen LogP contribution in [0.2, 0.25) is 0 Å². The van der Waals surface area contributed by atoms with Gasteiger partial charge < -0.3 is 9.80 Å². The number of nitrogens with zero attached hydrogens (tertiary/aromatic N) is 1. The third-order valence-electron chi connectivity index (χ3n) is 2.88. The molecule has 1 unspecified atom stereocenters. The molecule has 0 aliphatic rings. The van der Waals surface area contributed by atoms with Gasteiger partial charge in [0.2, 0.25) is 12.1 Å². The van der Waals surface area contributed by atoms with Gasteiger partial charge in [-0.25, -0.2) is 0 Å². The van der Waals surface area contributed by atoms with Crippen molar-refractivity contribution in [3.63, 3.8) is 0 Å². The highest BCUT2D eigenvalue weighted by Gasteiger charge is 2.32. The molecule has 0 aliphatic heterocycles. The average molecular weight is 309 g/mol. The molecule has 1 atom stereocenters. The Kier molecular flexibility index (Phi) is 7.35. The van der Waals surface area contributed by atoms with Gasteiger partial charge in [-0.15, -0.1) is 0 Å². The Morgan fingerprint density at radius 3 is 2.40 bits per heavy atom. The van der Waals surface area contributed by atoms with Gasteiger partial charge in [0, 0.05) is 18.5 Å². The zero-order valence-corrected chi connectivity index (χ0v) is 13.4. The largest absolute Gasteiger partial charge is 0.402 e. The molecule has 0 heterocycles. The molecular formula is C12H25N2O5S+. The van der Waals surface area contributed by atoms with E-state index < -0.39 is 16.6 Å². The number of carbonyl (C=O) groups is 1. The Bertz CT molecular complexity index is 445. The molecule has 0 radical (unpaired) electrons. The van der Waals surface area contributed by atoms with E-state index in [1.807, 2.05) is 6.92 Å². The van der Waals surface area contributed by atoms with Crippen molar-refractivity contribution in [1.29, 1.82) is 0 Å². The van der Waals surface area contributed by atoms with E-state index in [1.165, 1.54) is 0 Å². The molecule has 0 saturated carbocycles. The van der Waals surface area contributed by atoms with E-state index in [2.05, 4.69) is 11.9 Å². The summed E-state index contributed by atoms with van der Waals surface area (Å²) in [6.45, 7) is 7.96. The van der Waals surface area contributed by atoms with Gasteiger partial charge in [0.15, 0.2) is 0 Å². The summed E-state index contributed by atoms with van der Waals surface area (Å²) < 4.78 is 35.7. The third kappa shape index (κ3) is 7.59. The minimum absolute atomic E-state index is 0.233. The van der Waals surface area contributed by atoms with Crippen LogP contribution in [0.3, 0.4) is 0 Å². The molecule has 118 valence electrons. The second kappa shape index (κ2) is 7.72. The van der Waals surface area contributed by atoms with Crippen LogP contribution < -0.4 is 5.32 Å². The zero-order chi connectivity index (χ0) is 16.0. The minimum Gasteiger partial charge on any atom is -0.352 e. The molecule has 0 spiro atoms. The first kappa shape index (κ1) is 19.0. The number of carbonyl (C=O) groups excluding carboxylic acids is 1. The smallest absolute Gasteiger partial charge is 0.352 e. The summed E-state index contributed by atoms with van der Waals surface area (Å²) in [4.78, 5) is 11.4. The summed E-state index contributed by atoms with van der Waals surface area (Å²) in [6.07, 6.45) is 0.317. The summed E-state index contributed by atoms with van der Waals surface area (Å²) in [7, 11) is -0.927. The average Bonchev–Trinajstić information content (AvgIpc) is 2.25. The summed E-state index contributed by atoms with van der Waals surface area (Å²) in [5, 5.41) is 2.61. The number of hydrogen-bond acceptors (Lipinski definition) is 4. The van der Waals surface area contributed by atoms with Crippen molar-refractivity contribution < 1.29 is 26.4 Å². The maximum atomic E-state index is 11.4. The Balaban J connectivity index is 4.71. The van der Waals surface area contributed by atoms with Crippen molar-refractivity contribution in [1.82, 2.24) is 5.32 Å². The molecule has 0 aromatic rings. The van der Waals surface area contributed by atoms with Gasteiger partial charge in [-0.2, -0.15) is 12.6 Å².